The van der Waals surface area contributed by atoms with E-state index in [1.807, 2.05) is 20.8 Å². The van der Waals surface area contributed by atoms with E-state index in [9.17, 15) is 4.79 Å². The third-order valence-electron chi connectivity index (χ3n) is 3.87. The Bertz CT molecular complexity index is 582. The van der Waals surface area contributed by atoms with Crippen molar-refractivity contribution in [3.8, 4) is 5.75 Å². The van der Waals surface area contributed by atoms with E-state index < -0.39 is 5.60 Å². The highest BCUT2D eigenvalue weighted by molar-refractivity contribution is 6.35. The molecule has 1 aromatic carbocycles. The molecule has 25 heavy (non-hydrogen) atoms. The molecule has 0 saturated carbocycles. The van der Waals surface area contributed by atoms with E-state index in [0.29, 0.717) is 22.4 Å². The molecule has 1 amide bonds. The summed E-state index contributed by atoms with van der Waals surface area (Å²) in [5, 5.41) is 4.06. The molecule has 140 valence electrons. The van der Waals surface area contributed by atoms with Crippen molar-refractivity contribution in [2.75, 3.05) is 26.2 Å². The number of alkyl carbamates (subject to hydrolysis) is 1. The summed E-state index contributed by atoms with van der Waals surface area (Å²) >= 11 is 12.0. The molecule has 0 spiro atoms. The minimum atomic E-state index is -0.467. The molecule has 0 radical (unpaired) electrons. The van der Waals surface area contributed by atoms with Gasteiger partial charge in [0.1, 0.15) is 18.0 Å². The van der Waals surface area contributed by atoms with Crippen LogP contribution < -0.4 is 10.1 Å². The van der Waals surface area contributed by atoms with Crippen LogP contribution in [-0.4, -0.2) is 48.9 Å². The number of benzene rings is 1. The van der Waals surface area contributed by atoms with E-state index in [0.717, 1.165) is 32.5 Å². The van der Waals surface area contributed by atoms with Crippen molar-refractivity contribution < 1.29 is 14.3 Å². The number of carbonyl (C=O) groups excluding carboxylic acids is 1. The average molecular weight is 389 g/mol. The van der Waals surface area contributed by atoms with Gasteiger partial charge in [-0.1, -0.05) is 23.2 Å². The van der Waals surface area contributed by atoms with E-state index in [1.165, 1.54) is 0 Å². The molecule has 7 heteroatoms. The fraction of sp³-hybridized carbons (Fsp3) is 0.611. The standard InChI is InChI=1S/C18H26Cl2N2O3/c1-18(2,3)25-17(23)21-14-6-8-22(9-7-14)10-11-24-16-5-4-13(19)12-15(16)20/h4-5,12,14H,6-11H2,1-3H3,(H,21,23). The van der Waals surface area contributed by atoms with E-state index in [2.05, 4.69) is 10.2 Å². The monoisotopic (exact) mass is 388 g/mol. The minimum absolute atomic E-state index is 0.165. The van der Waals surface area contributed by atoms with Crippen molar-refractivity contribution in [2.24, 2.45) is 0 Å². The second-order valence-electron chi connectivity index (χ2n) is 7.19. The first kappa shape index (κ1) is 20.1. The molecule has 5 nitrogen and oxygen atoms in total. The summed E-state index contributed by atoms with van der Waals surface area (Å²) in [5.41, 5.74) is -0.467. The highest BCUT2D eigenvalue weighted by atomic mass is 35.5. The lowest BCUT2D eigenvalue weighted by Gasteiger charge is -2.32. The Morgan fingerprint density at radius 3 is 2.56 bits per heavy atom. The van der Waals surface area contributed by atoms with Gasteiger partial charge in [0, 0.05) is 30.7 Å². The van der Waals surface area contributed by atoms with Crippen LogP contribution >= 0.6 is 23.2 Å². The molecule has 2 rings (SSSR count). The van der Waals surface area contributed by atoms with E-state index in [1.54, 1.807) is 18.2 Å². The Labute approximate surface area is 159 Å². The molecule has 0 atom stereocenters. The van der Waals surface area contributed by atoms with Gasteiger partial charge in [0.05, 0.1) is 5.02 Å². The Balaban J connectivity index is 1.66. The molecule has 1 aromatic rings. The number of rotatable bonds is 5. The zero-order valence-corrected chi connectivity index (χ0v) is 16.5. The quantitative estimate of drug-likeness (QED) is 0.813. The third-order valence-corrected chi connectivity index (χ3v) is 4.40. The normalized spacial score (nSPS) is 16.5. The van der Waals surface area contributed by atoms with Crippen LogP contribution in [-0.2, 0) is 4.74 Å². The highest BCUT2D eigenvalue weighted by Gasteiger charge is 2.23. The SMILES string of the molecule is CC(C)(C)OC(=O)NC1CCN(CCOc2ccc(Cl)cc2Cl)CC1. The lowest BCUT2D eigenvalue weighted by molar-refractivity contribution is 0.0476. The van der Waals surface area contributed by atoms with Gasteiger partial charge in [-0.15, -0.1) is 0 Å². The third kappa shape index (κ3) is 7.30. The van der Waals surface area contributed by atoms with Gasteiger partial charge in [-0.25, -0.2) is 4.79 Å². The maximum atomic E-state index is 11.8. The van der Waals surface area contributed by atoms with Crippen molar-refractivity contribution in [2.45, 2.75) is 45.3 Å². The number of amides is 1. The van der Waals surface area contributed by atoms with Crippen molar-refractivity contribution in [1.29, 1.82) is 0 Å². The zero-order valence-electron chi connectivity index (χ0n) is 15.0. The fourth-order valence-corrected chi connectivity index (χ4v) is 3.12. The van der Waals surface area contributed by atoms with E-state index >= 15 is 0 Å². The molecule has 0 aliphatic carbocycles. The number of halogens is 2. The average Bonchev–Trinajstić information content (AvgIpc) is 2.49. The Morgan fingerprint density at radius 2 is 1.96 bits per heavy atom. The molecule has 0 bridgehead atoms. The van der Waals surface area contributed by atoms with Crippen molar-refractivity contribution in [3.05, 3.63) is 28.2 Å². The van der Waals surface area contributed by atoms with Crippen LogP contribution in [0.1, 0.15) is 33.6 Å². The molecular weight excluding hydrogens is 363 g/mol. The van der Waals surface area contributed by atoms with E-state index in [4.69, 9.17) is 32.7 Å². The number of ether oxygens (including phenoxy) is 2. The molecule has 0 unspecified atom stereocenters. The second kappa shape index (κ2) is 8.97. The zero-order chi connectivity index (χ0) is 18.4. The topological polar surface area (TPSA) is 50.8 Å². The van der Waals surface area contributed by atoms with Crippen LogP contribution in [0.15, 0.2) is 18.2 Å². The first-order valence-electron chi connectivity index (χ1n) is 8.53. The molecule has 1 saturated heterocycles. The van der Waals surface area contributed by atoms with Crippen LogP contribution in [0.4, 0.5) is 4.79 Å². The number of piperidine rings is 1. The van der Waals surface area contributed by atoms with Crippen molar-refractivity contribution in [3.63, 3.8) is 0 Å². The highest BCUT2D eigenvalue weighted by Crippen LogP contribution is 2.27. The summed E-state index contributed by atoms with van der Waals surface area (Å²) in [4.78, 5) is 14.1. The Hall–Kier alpha value is -1.17. The predicted molar refractivity (Wildman–Crippen MR) is 101 cm³/mol. The predicted octanol–water partition coefficient (Wildman–Crippen LogP) is 4.36. The molecular formula is C18H26Cl2N2O3. The largest absolute Gasteiger partial charge is 0.491 e. The molecule has 1 heterocycles. The summed E-state index contributed by atoms with van der Waals surface area (Å²) in [6.07, 6.45) is 1.47. The van der Waals surface area contributed by atoms with E-state index in [-0.39, 0.29) is 12.1 Å². The van der Waals surface area contributed by atoms with Crippen molar-refractivity contribution >= 4 is 29.3 Å². The van der Waals surface area contributed by atoms with Gasteiger partial charge in [0.15, 0.2) is 0 Å². The minimum Gasteiger partial charge on any atom is -0.491 e. The Kier molecular flexibility index (Phi) is 7.23. The van der Waals surface area contributed by atoms with Gasteiger partial charge in [-0.3, -0.25) is 4.90 Å². The van der Waals surface area contributed by atoms with Gasteiger partial charge in [-0.2, -0.15) is 0 Å². The number of likely N-dealkylation sites (tertiary alicyclic amines) is 1. The van der Waals surface area contributed by atoms with Gasteiger partial charge < -0.3 is 14.8 Å². The number of nitrogens with zero attached hydrogens (tertiary/aromatic N) is 1. The fourth-order valence-electron chi connectivity index (χ4n) is 2.65. The lowest BCUT2D eigenvalue weighted by Crippen LogP contribution is -2.46. The summed E-state index contributed by atoms with van der Waals surface area (Å²) in [6, 6.07) is 5.38. The number of carbonyl (C=O) groups is 1. The van der Waals surface area contributed by atoms with Gasteiger partial charge in [-0.05, 0) is 51.8 Å². The first-order chi connectivity index (χ1) is 11.7. The van der Waals surface area contributed by atoms with Crippen LogP contribution in [0.3, 0.4) is 0 Å². The van der Waals surface area contributed by atoms with Gasteiger partial charge in [0.2, 0.25) is 0 Å². The maximum Gasteiger partial charge on any atom is 0.407 e. The summed E-state index contributed by atoms with van der Waals surface area (Å²) in [5.74, 6) is 0.646. The first-order valence-corrected chi connectivity index (χ1v) is 9.28. The maximum absolute atomic E-state index is 11.8. The summed E-state index contributed by atoms with van der Waals surface area (Å²) < 4.78 is 11.0. The van der Waals surface area contributed by atoms with Crippen LogP contribution in [0.2, 0.25) is 10.0 Å². The van der Waals surface area contributed by atoms with Crippen LogP contribution in [0.5, 0.6) is 5.75 Å². The molecule has 1 aliphatic rings. The molecule has 0 aromatic heterocycles. The van der Waals surface area contributed by atoms with Gasteiger partial charge in [0.25, 0.3) is 0 Å². The summed E-state index contributed by atoms with van der Waals surface area (Å²) in [6.45, 7) is 8.80. The summed E-state index contributed by atoms with van der Waals surface area (Å²) in [7, 11) is 0. The molecule has 1 aliphatic heterocycles. The number of hydrogen-bond donors (Lipinski definition) is 1. The van der Waals surface area contributed by atoms with Crippen LogP contribution in [0.25, 0.3) is 0 Å². The molecule has 1 N–H and O–H groups in total. The number of nitrogens with one attached hydrogen (secondary N) is 1. The lowest BCUT2D eigenvalue weighted by atomic mass is 10.1. The van der Waals surface area contributed by atoms with Gasteiger partial charge >= 0.3 is 6.09 Å². The Morgan fingerprint density at radius 1 is 1.28 bits per heavy atom. The van der Waals surface area contributed by atoms with Crippen LogP contribution in [0, 0.1) is 0 Å². The number of hydrogen-bond acceptors (Lipinski definition) is 4. The van der Waals surface area contributed by atoms with Crippen molar-refractivity contribution in [1.82, 2.24) is 10.2 Å². The molecule has 1 fully saturated rings. The smallest absolute Gasteiger partial charge is 0.407 e. The second-order valence-corrected chi connectivity index (χ2v) is 8.03.